The van der Waals surface area contributed by atoms with Crippen LogP contribution >= 0.6 is 0 Å². The minimum atomic E-state index is -0.888. The fourth-order valence-electron chi connectivity index (χ4n) is 2.36. The van der Waals surface area contributed by atoms with Crippen molar-refractivity contribution in [3.05, 3.63) is 29.3 Å². The third-order valence-corrected chi connectivity index (χ3v) is 3.45. The number of hydrogen-bond donors (Lipinski definition) is 2. The maximum atomic E-state index is 13.5. The Balaban J connectivity index is 2.21. The first kappa shape index (κ1) is 12.8. The fourth-order valence-corrected chi connectivity index (χ4v) is 2.36. The van der Waals surface area contributed by atoms with Gasteiger partial charge in [-0.25, -0.2) is 8.78 Å². The highest BCUT2D eigenvalue weighted by atomic mass is 19.1. The number of benzene rings is 1. The smallest absolute Gasteiger partial charge is 0.254 e. The molecule has 0 atom stereocenters. The fraction of sp³-hybridized carbons (Fsp3) is 0.462. The molecular weight excluding hydrogens is 238 g/mol. The summed E-state index contributed by atoms with van der Waals surface area (Å²) < 4.78 is 26.5. The van der Waals surface area contributed by atoms with Crippen LogP contribution in [0.2, 0.25) is 0 Å². The number of carbonyl (C=O) groups excluding carboxylic acids is 1. The van der Waals surface area contributed by atoms with Crippen molar-refractivity contribution in [1.29, 1.82) is 0 Å². The molecule has 0 radical (unpaired) electrons. The largest absolute Gasteiger partial charge is 0.396 e. The lowest BCUT2D eigenvalue weighted by Gasteiger charge is -2.25. The molecule has 0 spiro atoms. The van der Waals surface area contributed by atoms with Crippen molar-refractivity contribution < 1.29 is 13.6 Å². The van der Waals surface area contributed by atoms with Crippen molar-refractivity contribution in [2.45, 2.75) is 38.1 Å². The quantitative estimate of drug-likeness (QED) is 0.797. The third-order valence-electron chi connectivity index (χ3n) is 3.45. The molecule has 0 aromatic heterocycles. The van der Waals surface area contributed by atoms with Gasteiger partial charge in [-0.2, -0.15) is 0 Å². The molecule has 1 aromatic rings. The topological polar surface area (TPSA) is 55.1 Å². The second-order valence-electron chi connectivity index (χ2n) is 5.08. The zero-order valence-electron chi connectivity index (χ0n) is 10.2. The Morgan fingerprint density at radius 3 is 2.50 bits per heavy atom. The van der Waals surface area contributed by atoms with Crippen LogP contribution in [0.4, 0.5) is 14.5 Å². The minimum absolute atomic E-state index is 0.206. The van der Waals surface area contributed by atoms with E-state index in [9.17, 15) is 13.6 Å². The van der Waals surface area contributed by atoms with Crippen LogP contribution in [0.15, 0.2) is 12.1 Å². The van der Waals surface area contributed by atoms with Crippen LogP contribution in [0.3, 0.4) is 0 Å². The summed E-state index contributed by atoms with van der Waals surface area (Å²) >= 11 is 0. The van der Waals surface area contributed by atoms with E-state index in [1.54, 1.807) is 0 Å². The Morgan fingerprint density at radius 1 is 1.28 bits per heavy atom. The summed E-state index contributed by atoms with van der Waals surface area (Å²) in [6, 6.07) is 1.68. The van der Waals surface area contributed by atoms with Gasteiger partial charge in [-0.15, -0.1) is 0 Å². The van der Waals surface area contributed by atoms with Crippen LogP contribution in [0.5, 0.6) is 0 Å². The van der Waals surface area contributed by atoms with E-state index in [4.69, 9.17) is 5.73 Å². The second kappa shape index (κ2) is 4.55. The van der Waals surface area contributed by atoms with Gasteiger partial charge in [0.15, 0.2) is 0 Å². The van der Waals surface area contributed by atoms with Gasteiger partial charge in [0.2, 0.25) is 0 Å². The van der Waals surface area contributed by atoms with Crippen molar-refractivity contribution >= 4 is 11.6 Å². The average Bonchev–Trinajstić information content (AvgIpc) is 2.70. The highest BCUT2D eigenvalue weighted by molar-refractivity contribution is 5.95. The monoisotopic (exact) mass is 254 g/mol. The number of nitrogen functional groups attached to an aromatic ring is 1. The lowest BCUT2D eigenvalue weighted by Crippen LogP contribution is -2.43. The molecule has 18 heavy (non-hydrogen) atoms. The first-order valence-electron chi connectivity index (χ1n) is 5.98. The molecule has 1 saturated carbocycles. The number of nitrogens with one attached hydrogen (secondary N) is 1. The van der Waals surface area contributed by atoms with E-state index in [2.05, 4.69) is 5.32 Å². The van der Waals surface area contributed by atoms with Gasteiger partial charge in [0.1, 0.15) is 11.6 Å². The minimum Gasteiger partial charge on any atom is -0.396 e. The van der Waals surface area contributed by atoms with Crippen molar-refractivity contribution in [1.82, 2.24) is 5.32 Å². The predicted octanol–water partition coefficient (Wildman–Crippen LogP) is 2.61. The first-order chi connectivity index (χ1) is 8.41. The molecule has 0 unspecified atom stereocenters. The van der Waals surface area contributed by atoms with Crippen molar-refractivity contribution in [3.63, 3.8) is 0 Å². The Hall–Kier alpha value is -1.65. The van der Waals surface area contributed by atoms with Crippen LogP contribution in [0.25, 0.3) is 0 Å². The van der Waals surface area contributed by atoms with Gasteiger partial charge >= 0.3 is 0 Å². The number of anilines is 1. The third kappa shape index (κ3) is 2.44. The molecule has 1 fully saturated rings. The zero-order valence-corrected chi connectivity index (χ0v) is 10.2. The summed E-state index contributed by atoms with van der Waals surface area (Å²) in [6.45, 7) is 1.93. The summed E-state index contributed by atoms with van der Waals surface area (Å²) in [4.78, 5) is 12.0. The molecule has 2 rings (SSSR count). The van der Waals surface area contributed by atoms with E-state index in [1.165, 1.54) is 0 Å². The summed E-state index contributed by atoms with van der Waals surface area (Å²) in [5, 5.41) is 2.80. The number of carbonyl (C=O) groups is 1. The molecular formula is C13H16F2N2O. The summed E-state index contributed by atoms with van der Waals surface area (Å²) in [7, 11) is 0. The predicted molar refractivity (Wildman–Crippen MR) is 65.1 cm³/mol. The van der Waals surface area contributed by atoms with E-state index < -0.39 is 17.5 Å². The van der Waals surface area contributed by atoms with E-state index in [0.717, 1.165) is 31.7 Å². The van der Waals surface area contributed by atoms with Crippen LogP contribution in [0, 0.1) is 11.6 Å². The molecule has 3 nitrogen and oxygen atoms in total. The molecule has 1 aromatic carbocycles. The first-order valence-corrected chi connectivity index (χ1v) is 5.98. The summed E-state index contributed by atoms with van der Waals surface area (Å²) in [5.41, 5.74) is 4.62. The van der Waals surface area contributed by atoms with Gasteiger partial charge in [-0.3, -0.25) is 4.79 Å². The number of rotatable bonds is 2. The van der Waals surface area contributed by atoms with Gasteiger partial charge < -0.3 is 11.1 Å². The summed E-state index contributed by atoms with van der Waals surface area (Å²) in [6.07, 6.45) is 3.84. The van der Waals surface area contributed by atoms with Crippen LogP contribution < -0.4 is 11.1 Å². The Morgan fingerprint density at radius 2 is 1.89 bits per heavy atom. The van der Waals surface area contributed by atoms with Gasteiger partial charge in [-0.1, -0.05) is 12.8 Å². The maximum Gasteiger partial charge on any atom is 0.254 e. The van der Waals surface area contributed by atoms with E-state index in [1.807, 2.05) is 6.92 Å². The average molecular weight is 254 g/mol. The SMILES string of the molecule is CC1(NC(=O)c2cc(N)c(F)cc2F)CCCC1. The van der Waals surface area contributed by atoms with Crippen molar-refractivity contribution in [2.24, 2.45) is 0 Å². The van der Waals surface area contributed by atoms with Crippen LogP contribution in [0.1, 0.15) is 43.0 Å². The van der Waals surface area contributed by atoms with Crippen LogP contribution in [-0.4, -0.2) is 11.4 Å². The van der Waals surface area contributed by atoms with E-state index >= 15 is 0 Å². The molecule has 3 N–H and O–H groups in total. The number of nitrogens with two attached hydrogens (primary N) is 1. The normalized spacial score (nSPS) is 17.7. The molecule has 0 bridgehead atoms. The standard InChI is InChI=1S/C13H16F2N2O/c1-13(4-2-3-5-13)17-12(18)8-6-11(16)10(15)7-9(8)14/h6-7H,2-5,16H2,1H3,(H,17,18). The molecule has 5 heteroatoms. The van der Waals surface area contributed by atoms with E-state index in [0.29, 0.717) is 6.07 Å². The molecule has 1 amide bonds. The Bertz CT molecular complexity index is 482. The highest BCUT2D eigenvalue weighted by Gasteiger charge is 2.31. The number of amides is 1. The van der Waals surface area contributed by atoms with Crippen molar-refractivity contribution in [3.8, 4) is 0 Å². The van der Waals surface area contributed by atoms with Gasteiger partial charge in [-0.05, 0) is 25.8 Å². The molecule has 98 valence electrons. The van der Waals surface area contributed by atoms with Gasteiger partial charge in [0.25, 0.3) is 5.91 Å². The molecule has 0 heterocycles. The maximum absolute atomic E-state index is 13.5. The van der Waals surface area contributed by atoms with Crippen molar-refractivity contribution in [2.75, 3.05) is 5.73 Å². The molecule has 1 aliphatic rings. The summed E-state index contributed by atoms with van der Waals surface area (Å²) in [5.74, 6) is -2.28. The molecule has 1 aliphatic carbocycles. The number of halogens is 2. The highest BCUT2D eigenvalue weighted by Crippen LogP contribution is 2.29. The Kier molecular flexibility index (Phi) is 3.24. The lowest BCUT2D eigenvalue weighted by molar-refractivity contribution is 0.0904. The van der Waals surface area contributed by atoms with Crippen LogP contribution in [-0.2, 0) is 0 Å². The molecule has 0 aliphatic heterocycles. The second-order valence-corrected chi connectivity index (χ2v) is 5.08. The van der Waals surface area contributed by atoms with Gasteiger partial charge in [0, 0.05) is 11.6 Å². The molecule has 0 saturated heterocycles. The van der Waals surface area contributed by atoms with Gasteiger partial charge in [0.05, 0.1) is 11.3 Å². The van der Waals surface area contributed by atoms with E-state index in [-0.39, 0.29) is 16.8 Å². The lowest BCUT2D eigenvalue weighted by atomic mass is 10.00. The number of hydrogen-bond acceptors (Lipinski definition) is 2. The Labute approximate surface area is 104 Å². The zero-order chi connectivity index (χ0) is 13.3.